The van der Waals surface area contributed by atoms with Crippen molar-refractivity contribution in [2.45, 2.75) is 31.7 Å². The first-order valence-electron chi connectivity index (χ1n) is 9.59. The maximum absolute atomic E-state index is 15.1. The van der Waals surface area contributed by atoms with Gasteiger partial charge in [-0.15, -0.1) is 0 Å². The Morgan fingerprint density at radius 3 is 2.71 bits per heavy atom. The molecule has 2 bridgehead atoms. The highest BCUT2D eigenvalue weighted by molar-refractivity contribution is 6.38. The summed E-state index contributed by atoms with van der Waals surface area (Å²) in [6.45, 7) is 1.91. The molecule has 28 heavy (non-hydrogen) atoms. The van der Waals surface area contributed by atoms with Gasteiger partial charge in [-0.1, -0.05) is 11.6 Å². The molecule has 6 nitrogen and oxygen atoms in total. The second-order valence-corrected chi connectivity index (χ2v) is 8.97. The molecule has 2 aromatic rings. The highest BCUT2D eigenvalue weighted by Crippen LogP contribution is 2.52. The van der Waals surface area contributed by atoms with Gasteiger partial charge in [0.25, 0.3) is 0 Å². The molecule has 4 aliphatic rings. The van der Waals surface area contributed by atoms with Gasteiger partial charge in [0.2, 0.25) is 5.43 Å². The number of nitrogens with two attached hydrogens (primary N) is 1. The number of hydrogen-bond acceptors (Lipinski definition) is 4. The number of piperidine rings is 2. The predicted octanol–water partition coefficient (Wildman–Crippen LogP) is 3.00. The van der Waals surface area contributed by atoms with Gasteiger partial charge in [0.05, 0.1) is 21.6 Å². The first-order chi connectivity index (χ1) is 13.3. The van der Waals surface area contributed by atoms with Crippen LogP contribution in [0.4, 0.5) is 10.1 Å². The Hall–Kier alpha value is -2.12. The van der Waals surface area contributed by atoms with E-state index < -0.39 is 17.2 Å². The van der Waals surface area contributed by atoms with Gasteiger partial charge in [-0.05, 0) is 44.2 Å². The average Bonchev–Trinajstić information content (AvgIpc) is 3.46. The predicted molar refractivity (Wildman–Crippen MR) is 105 cm³/mol. The van der Waals surface area contributed by atoms with Crippen LogP contribution >= 0.6 is 11.6 Å². The van der Waals surface area contributed by atoms with Crippen LogP contribution in [0.15, 0.2) is 17.1 Å². The van der Waals surface area contributed by atoms with E-state index in [1.54, 1.807) is 4.57 Å². The Balaban J connectivity index is 1.72. The number of halogens is 2. The molecule has 2 saturated carbocycles. The lowest BCUT2D eigenvalue weighted by atomic mass is 9.59. The molecule has 0 unspecified atom stereocenters. The van der Waals surface area contributed by atoms with Gasteiger partial charge in [-0.25, -0.2) is 9.18 Å². The van der Waals surface area contributed by atoms with Crippen LogP contribution < -0.4 is 16.1 Å². The quantitative estimate of drug-likeness (QED) is 0.816. The molecule has 2 aliphatic heterocycles. The van der Waals surface area contributed by atoms with Crippen LogP contribution in [0, 0.1) is 17.2 Å². The van der Waals surface area contributed by atoms with Gasteiger partial charge in [-0.2, -0.15) is 0 Å². The summed E-state index contributed by atoms with van der Waals surface area (Å²) in [6, 6.07) is 1.24. The topological polar surface area (TPSA) is 88.6 Å². The fourth-order valence-corrected chi connectivity index (χ4v) is 5.53. The van der Waals surface area contributed by atoms with Crippen LogP contribution in [0.3, 0.4) is 0 Å². The lowest BCUT2D eigenvalue weighted by molar-refractivity contribution is 0.0405. The number of carboxylic acid groups (broad SMARTS) is 1. The zero-order valence-electron chi connectivity index (χ0n) is 15.3. The van der Waals surface area contributed by atoms with E-state index in [1.807, 2.05) is 4.90 Å². The SMILES string of the molecule is NCC12CC(CN(c3c(F)cc4c(=O)c(C(=O)O)cn(C5CC5)c4c3Cl)C1)C2. The zero-order valence-corrected chi connectivity index (χ0v) is 16.0. The van der Waals surface area contributed by atoms with E-state index in [0.717, 1.165) is 31.7 Å². The Morgan fingerprint density at radius 1 is 1.39 bits per heavy atom. The Bertz CT molecular complexity index is 1070. The minimum absolute atomic E-state index is 0.0109. The monoisotopic (exact) mass is 405 g/mol. The van der Waals surface area contributed by atoms with Crippen LogP contribution in [-0.4, -0.2) is 35.3 Å². The number of hydrogen-bond donors (Lipinski definition) is 2. The van der Waals surface area contributed by atoms with Crippen molar-refractivity contribution in [1.29, 1.82) is 0 Å². The number of benzene rings is 1. The summed E-state index contributed by atoms with van der Waals surface area (Å²) in [5.74, 6) is -1.43. The van der Waals surface area contributed by atoms with E-state index >= 15 is 4.39 Å². The molecule has 0 atom stereocenters. The largest absolute Gasteiger partial charge is 0.477 e. The number of anilines is 1. The summed E-state index contributed by atoms with van der Waals surface area (Å²) in [4.78, 5) is 26.1. The lowest BCUT2D eigenvalue weighted by Gasteiger charge is -2.57. The minimum Gasteiger partial charge on any atom is -0.477 e. The molecule has 3 heterocycles. The van der Waals surface area contributed by atoms with E-state index in [4.69, 9.17) is 17.3 Å². The third-order valence-electron chi connectivity index (χ3n) is 6.55. The zero-order chi connectivity index (χ0) is 19.8. The number of nitrogens with zero attached hydrogens (tertiary/aromatic N) is 2. The summed E-state index contributed by atoms with van der Waals surface area (Å²) in [5.41, 5.74) is 5.64. The molecule has 148 valence electrons. The van der Waals surface area contributed by atoms with Crippen molar-refractivity contribution < 1.29 is 14.3 Å². The van der Waals surface area contributed by atoms with Gasteiger partial charge in [0.1, 0.15) is 11.4 Å². The second kappa shape index (κ2) is 5.94. The molecule has 0 amide bonds. The summed E-state index contributed by atoms with van der Waals surface area (Å²) in [5, 5.41) is 9.58. The summed E-state index contributed by atoms with van der Waals surface area (Å²) < 4.78 is 16.9. The van der Waals surface area contributed by atoms with Crippen LogP contribution in [0.2, 0.25) is 5.02 Å². The fourth-order valence-electron chi connectivity index (χ4n) is 5.12. The van der Waals surface area contributed by atoms with Crippen LogP contribution in [0.5, 0.6) is 0 Å². The van der Waals surface area contributed by atoms with Crippen molar-refractivity contribution in [3.8, 4) is 0 Å². The van der Waals surface area contributed by atoms with E-state index in [0.29, 0.717) is 36.8 Å². The molecule has 1 aromatic carbocycles. The molecular formula is C20H21ClFN3O3. The van der Waals surface area contributed by atoms with Crippen molar-refractivity contribution >= 4 is 34.2 Å². The Kier molecular flexibility index (Phi) is 3.81. The number of fused-ring (bicyclic) bond motifs is 3. The number of rotatable bonds is 4. The van der Waals surface area contributed by atoms with E-state index in [9.17, 15) is 14.7 Å². The van der Waals surface area contributed by atoms with Crippen LogP contribution in [0.1, 0.15) is 42.1 Å². The van der Waals surface area contributed by atoms with Gasteiger partial charge < -0.3 is 20.3 Å². The Morgan fingerprint density at radius 2 is 2.11 bits per heavy atom. The first kappa shape index (κ1) is 17.9. The summed E-state index contributed by atoms with van der Waals surface area (Å²) in [6.07, 6.45) is 5.22. The lowest BCUT2D eigenvalue weighted by Crippen LogP contribution is -2.59. The van der Waals surface area contributed by atoms with Crippen molar-refractivity contribution in [2.24, 2.45) is 17.1 Å². The van der Waals surface area contributed by atoms with Crippen LogP contribution in [0.25, 0.3) is 10.9 Å². The number of aromatic carboxylic acids is 1. The molecule has 2 saturated heterocycles. The Labute approximate surface area is 165 Å². The smallest absolute Gasteiger partial charge is 0.341 e. The van der Waals surface area contributed by atoms with Crippen molar-refractivity contribution in [3.63, 3.8) is 0 Å². The van der Waals surface area contributed by atoms with Crippen molar-refractivity contribution in [1.82, 2.24) is 4.57 Å². The van der Waals surface area contributed by atoms with Gasteiger partial charge in [0.15, 0.2) is 0 Å². The standard InChI is InChI=1S/C20H21ClFN3O3/c21-15-16-12(18(26)13(19(27)28)7-25(16)11-1-2-11)3-14(22)17(15)24-6-10-4-20(5-10,8-23)9-24/h3,7,10-11H,1-2,4-6,8-9,23H2,(H,27,28). The average molecular weight is 406 g/mol. The highest BCUT2D eigenvalue weighted by Gasteiger charge is 2.49. The maximum atomic E-state index is 15.1. The molecule has 1 aromatic heterocycles. The molecular weight excluding hydrogens is 385 g/mol. The van der Waals surface area contributed by atoms with E-state index in [2.05, 4.69) is 0 Å². The minimum atomic E-state index is -1.32. The van der Waals surface area contributed by atoms with E-state index in [-0.39, 0.29) is 27.4 Å². The van der Waals surface area contributed by atoms with Gasteiger partial charge >= 0.3 is 5.97 Å². The van der Waals surface area contributed by atoms with Gasteiger partial charge in [-0.3, -0.25) is 4.79 Å². The first-order valence-corrected chi connectivity index (χ1v) is 9.96. The van der Waals surface area contributed by atoms with Crippen molar-refractivity contribution in [3.05, 3.63) is 38.9 Å². The summed E-state index contributed by atoms with van der Waals surface area (Å²) >= 11 is 6.69. The second-order valence-electron chi connectivity index (χ2n) is 8.59. The van der Waals surface area contributed by atoms with Crippen molar-refractivity contribution in [2.75, 3.05) is 24.5 Å². The molecule has 2 aliphatic carbocycles. The maximum Gasteiger partial charge on any atom is 0.341 e. The molecule has 0 spiro atoms. The fraction of sp³-hybridized carbons (Fsp3) is 0.500. The molecule has 4 fully saturated rings. The van der Waals surface area contributed by atoms with Crippen LogP contribution in [-0.2, 0) is 0 Å². The van der Waals surface area contributed by atoms with E-state index in [1.165, 1.54) is 6.20 Å². The third-order valence-corrected chi connectivity index (χ3v) is 6.91. The number of pyridine rings is 1. The normalized spacial score (nSPS) is 26.4. The molecule has 6 rings (SSSR count). The summed E-state index contributed by atoms with van der Waals surface area (Å²) in [7, 11) is 0. The molecule has 0 radical (unpaired) electrons. The number of carboxylic acids is 1. The molecule has 8 heteroatoms. The highest BCUT2D eigenvalue weighted by atomic mass is 35.5. The number of aromatic nitrogens is 1. The third kappa shape index (κ3) is 2.49. The molecule has 3 N–H and O–H groups in total. The number of carbonyl (C=O) groups is 1. The van der Waals surface area contributed by atoms with Gasteiger partial charge in [0, 0.05) is 30.7 Å².